The topological polar surface area (TPSA) is 39.4 Å². The minimum absolute atomic E-state index is 0.0896. The van der Waals surface area contributed by atoms with Gasteiger partial charge >= 0.3 is 0 Å². The summed E-state index contributed by atoms with van der Waals surface area (Å²) in [6, 6.07) is 7.38. The minimum Gasteiger partial charge on any atom is -0.449 e. The Morgan fingerprint density at radius 2 is 2.24 bits per heavy atom. The predicted molar refractivity (Wildman–Crippen MR) is 67.5 cm³/mol. The van der Waals surface area contributed by atoms with Gasteiger partial charge in [0.2, 0.25) is 0 Å². The Labute approximate surface area is 103 Å². The van der Waals surface area contributed by atoms with Crippen LogP contribution in [0.2, 0.25) is 0 Å². The molecule has 1 aromatic carbocycles. The Hall–Kier alpha value is -1.26. The number of rotatable bonds is 1. The molecule has 0 radical (unpaired) electrons. The molecule has 0 saturated heterocycles. The van der Waals surface area contributed by atoms with Crippen molar-refractivity contribution in [3.8, 4) is 0 Å². The maximum Gasteiger partial charge on any atom is 0.197 e. The highest BCUT2D eigenvalue weighted by molar-refractivity contribution is 7.99. The molecule has 1 aromatic heterocycles. The van der Waals surface area contributed by atoms with Crippen LogP contribution < -0.4 is 5.43 Å². The highest BCUT2D eigenvalue weighted by Crippen LogP contribution is 2.35. The molecule has 1 aliphatic heterocycles. The van der Waals surface area contributed by atoms with E-state index in [1.54, 1.807) is 7.11 Å². The Balaban J connectivity index is 2.22. The number of hydrogen-bond donors (Lipinski definition) is 0. The van der Waals surface area contributed by atoms with Crippen molar-refractivity contribution in [2.24, 2.45) is 0 Å². The van der Waals surface area contributed by atoms with Crippen LogP contribution in [0.5, 0.6) is 0 Å². The summed E-state index contributed by atoms with van der Waals surface area (Å²) in [7, 11) is 1.68. The Morgan fingerprint density at radius 3 is 3.06 bits per heavy atom. The summed E-state index contributed by atoms with van der Waals surface area (Å²) in [6.07, 6.45) is 1.59. The molecule has 1 unspecified atom stereocenters. The summed E-state index contributed by atoms with van der Waals surface area (Å²) in [5.74, 6) is 0. The van der Waals surface area contributed by atoms with Crippen molar-refractivity contribution in [1.82, 2.24) is 0 Å². The lowest BCUT2D eigenvalue weighted by Gasteiger charge is -2.21. The molecular weight excluding hydrogens is 236 g/mol. The first-order chi connectivity index (χ1) is 8.29. The van der Waals surface area contributed by atoms with Gasteiger partial charge in [0.1, 0.15) is 11.0 Å². The molecule has 1 aliphatic rings. The average Bonchev–Trinajstić information content (AvgIpc) is 2.38. The summed E-state index contributed by atoms with van der Waals surface area (Å²) in [4.78, 5) is 12.3. The van der Waals surface area contributed by atoms with Crippen LogP contribution in [0.15, 0.2) is 38.6 Å². The minimum atomic E-state index is 0.0896. The third-order valence-electron chi connectivity index (χ3n) is 2.99. The first-order valence-electron chi connectivity index (χ1n) is 5.54. The van der Waals surface area contributed by atoms with E-state index < -0.39 is 0 Å². The van der Waals surface area contributed by atoms with Gasteiger partial charge < -0.3 is 9.15 Å². The molecule has 0 N–H and O–H groups in total. The van der Waals surface area contributed by atoms with Gasteiger partial charge in [0, 0.05) is 12.7 Å². The van der Waals surface area contributed by atoms with Crippen LogP contribution in [0.25, 0.3) is 11.0 Å². The van der Waals surface area contributed by atoms with Crippen molar-refractivity contribution >= 4 is 22.7 Å². The van der Waals surface area contributed by atoms with Crippen LogP contribution >= 0.6 is 11.8 Å². The number of benzene rings is 1. The van der Waals surface area contributed by atoms with Gasteiger partial charge in [0.05, 0.1) is 5.39 Å². The number of methoxy groups -OCH3 is 1. The summed E-state index contributed by atoms with van der Waals surface area (Å²) < 4.78 is 11.1. The van der Waals surface area contributed by atoms with E-state index in [1.165, 1.54) is 11.8 Å². The van der Waals surface area contributed by atoms with Gasteiger partial charge in [-0.15, -0.1) is 0 Å². The second-order valence-electron chi connectivity index (χ2n) is 4.02. The SMILES string of the molecule is COC1CCc2c(oc3ccccc3c2=O)S1. The molecule has 3 nitrogen and oxygen atoms in total. The predicted octanol–water partition coefficient (Wildman–Crippen LogP) is 2.80. The third-order valence-corrected chi connectivity index (χ3v) is 4.22. The zero-order valence-corrected chi connectivity index (χ0v) is 10.3. The van der Waals surface area contributed by atoms with E-state index in [2.05, 4.69) is 0 Å². The number of fused-ring (bicyclic) bond motifs is 2. The largest absolute Gasteiger partial charge is 0.449 e. The van der Waals surface area contributed by atoms with Gasteiger partial charge in [-0.05, 0) is 25.0 Å². The first-order valence-corrected chi connectivity index (χ1v) is 6.41. The van der Waals surface area contributed by atoms with Gasteiger partial charge in [0.15, 0.2) is 10.5 Å². The van der Waals surface area contributed by atoms with Crippen molar-refractivity contribution in [1.29, 1.82) is 0 Å². The van der Waals surface area contributed by atoms with Crippen molar-refractivity contribution in [2.45, 2.75) is 23.4 Å². The van der Waals surface area contributed by atoms with Gasteiger partial charge in [-0.2, -0.15) is 0 Å². The Kier molecular flexibility index (Phi) is 2.68. The van der Waals surface area contributed by atoms with Crippen molar-refractivity contribution in [2.75, 3.05) is 7.11 Å². The van der Waals surface area contributed by atoms with Crippen LogP contribution in [-0.2, 0) is 11.2 Å². The molecular formula is C13H12O3S. The van der Waals surface area contributed by atoms with E-state index in [0.717, 1.165) is 18.4 Å². The number of ether oxygens (including phenoxy) is 1. The van der Waals surface area contributed by atoms with Gasteiger partial charge in [-0.3, -0.25) is 4.79 Å². The fourth-order valence-corrected chi connectivity index (χ4v) is 3.12. The van der Waals surface area contributed by atoms with Crippen LogP contribution in [0.4, 0.5) is 0 Å². The van der Waals surface area contributed by atoms with Crippen LogP contribution in [0.1, 0.15) is 12.0 Å². The highest BCUT2D eigenvalue weighted by Gasteiger charge is 2.24. The summed E-state index contributed by atoms with van der Waals surface area (Å²) in [6.45, 7) is 0. The van der Waals surface area contributed by atoms with E-state index in [9.17, 15) is 4.79 Å². The van der Waals surface area contributed by atoms with Gasteiger partial charge in [-0.25, -0.2) is 0 Å². The van der Waals surface area contributed by atoms with Gasteiger partial charge in [0.25, 0.3) is 0 Å². The maximum atomic E-state index is 12.3. The van der Waals surface area contributed by atoms with E-state index in [-0.39, 0.29) is 10.9 Å². The molecule has 2 aromatic rings. The monoisotopic (exact) mass is 248 g/mol. The molecule has 2 heterocycles. The quantitative estimate of drug-likeness (QED) is 0.778. The maximum absolute atomic E-state index is 12.3. The molecule has 4 heteroatoms. The summed E-state index contributed by atoms with van der Waals surface area (Å²) >= 11 is 1.50. The molecule has 0 spiro atoms. The third kappa shape index (κ3) is 1.77. The highest BCUT2D eigenvalue weighted by atomic mass is 32.2. The lowest BCUT2D eigenvalue weighted by Crippen LogP contribution is -2.19. The first kappa shape index (κ1) is 10.9. The summed E-state index contributed by atoms with van der Waals surface area (Å²) in [5, 5.41) is 1.38. The van der Waals surface area contributed by atoms with E-state index >= 15 is 0 Å². The standard InChI is InChI=1S/C13H12O3S/c1-15-11-7-6-9-12(14)8-4-2-3-5-10(8)16-13(9)17-11/h2-5,11H,6-7H2,1H3. The summed E-state index contributed by atoms with van der Waals surface area (Å²) in [5.41, 5.74) is 1.64. The van der Waals surface area contributed by atoms with Crippen LogP contribution in [-0.4, -0.2) is 12.5 Å². The smallest absolute Gasteiger partial charge is 0.197 e. The number of para-hydroxylation sites is 1. The second-order valence-corrected chi connectivity index (χ2v) is 5.15. The second kappa shape index (κ2) is 4.20. The molecule has 0 bridgehead atoms. The Bertz CT molecular complexity index is 618. The number of hydrogen-bond acceptors (Lipinski definition) is 4. The molecule has 88 valence electrons. The molecule has 17 heavy (non-hydrogen) atoms. The lowest BCUT2D eigenvalue weighted by molar-refractivity contribution is 0.161. The fraction of sp³-hybridized carbons (Fsp3) is 0.308. The molecule has 3 rings (SSSR count). The van der Waals surface area contributed by atoms with Crippen molar-refractivity contribution in [3.63, 3.8) is 0 Å². The van der Waals surface area contributed by atoms with E-state index in [0.29, 0.717) is 16.1 Å². The van der Waals surface area contributed by atoms with E-state index in [4.69, 9.17) is 9.15 Å². The fourth-order valence-electron chi connectivity index (χ4n) is 2.08. The zero-order valence-electron chi connectivity index (χ0n) is 9.43. The number of thioether (sulfide) groups is 1. The van der Waals surface area contributed by atoms with Crippen LogP contribution in [0, 0.1) is 0 Å². The van der Waals surface area contributed by atoms with Crippen LogP contribution in [0.3, 0.4) is 0 Å². The molecule has 0 saturated carbocycles. The van der Waals surface area contributed by atoms with Crippen molar-refractivity contribution in [3.05, 3.63) is 40.1 Å². The zero-order chi connectivity index (χ0) is 11.8. The Morgan fingerprint density at radius 1 is 1.41 bits per heavy atom. The molecule has 1 atom stereocenters. The lowest BCUT2D eigenvalue weighted by atomic mass is 10.1. The van der Waals surface area contributed by atoms with Gasteiger partial charge in [-0.1, -0.05) is 23.9 Å². The van der Waals surface area contributed by atoms with Crippen molar-refractivity contribution < 1.29 is 9.15 Å². The average molecular weight is 248 g/mol. The molecule has 0 aliphatic carbocycles. The molecule has 0 amide bonds. The van der Waals surface area contributed by atoms with E-state index in [1.807, 2.05) is 24.3 Å². The molecule has 0 fully saturated rings. The normalized spacial score (nSPS) is 19.2.